The summed E-state index contributed by atoms with van der Waals surface area (Å²) < 4.78 is 0.620. The Morgan fingerprint density at radius 2 is 2.21 bits per heavy atom. The van der Waals surface area contributed by atoms with Crippen LogP contribution in [0.15, 0.2) is 16.7 Å². The molecule has 2 rings (SSSR count). The quantitative estimate of drug-likeness (QED) is 0.673. The summed E-state index contributed by atoms with van der Waals surface area (Å²) >= 11 is 3.22. The van der Waals surface area contributed by atoms with Crippen molar-refractivity contribution in [3.63, 3.8) is 0 Å². The van der Waals surface area contributed by atoms with Gasteiger partial charge in [0.2, 0.25) is 5.82 Å². The molecule has 5 nitrogen and oxygen atoms in total. The Kier molecular flexibility index (Phi) is 4.39. The van der Waals surface area contributed by atoms with E-state index in [2.05, 4.69) is 40.1 Å². The van der Waals surface area contributed by atoms with Gasteiger partial charge in [-0.1, -0.05) is 26.7 Å². The van der Waals surface area contributed by atoms with E-state index in [-0.39, 0.29) is 11.7 Å². The fourth-order valence-electron chi connectivity index (χ4n) is 2.64. The van der Waals surface area contributed by atoms with Gasteiger partial charge in [-0.05, 0) is 34.2 Å². The summed E-state index contributed by atoms with van der Waals surface area (Å²) in [5, 5.41) is 14.3. The van der Waals surface area contributed by atoms with Crippen LogP contribution in [0.4, 0.5) is 11.5 Å². The van der Waals surface area contributed by atoms with Gasteiger partial charge >= 0.3 is 5.69 Å². The van der Waals surface area contributed by atoms with Gasteiger partial charge in [-0.25, -0.2) is 4.98 Å². The lowest BCUT2D eigenvalue weighted by atomic mass is 9.78. The summed E-state index contributed by atoms with van der Waals surface area (Å²) in [6.07, 6.45) is 5.02. The van der Waals surface area contributed by atoms with E-state index in [1.54, 1.807) is 6.20 Å². The van der Waals surface area contributed by atoms with Crippen molar-refractivity contribution in [2.45, 2.75) is 39.2 Å². The number of nitrogens with zero attached hydrogens (tertiary/aromatic N) is 2. The predicted molar refractivity (Wildman–Crippen MR) is 78.2 cm³/mol. The van der Waals surface area contributed by atoms with Crippen LogP contribution in [0.5, 0.6) is 0 Å². The lowest BCUT2D eigenvalue weighted by Gasteiger charge is -2.34. The molecule has 1 aliphatic carbocycles. The largest absolute Gasteiger partial charge is 0.361 e. The van der Waals surface area contributed by atoms with Gasteiger partial charge in [-0.3, -0.25) is 10.1 Å². The molecule has 0 amide bonds. The third kappa shape index (κ3) is 3.23. The maximum atomic E-state index is 11.1. The van der Waals surface area contributed by atoms with Crippen LogP contribution < -0.4 is 5.32 Å². The van der Waals surface area contributed by atoms with Crippen molar-refractivity contribution in [3.8, 4) is 0 Å². The minimum Gasteiger partial charge on any atom is -0.361 e. The normalized spacial score (nSPS) is 27.0. The molecule has 3 unspecified atom stereocenters. The van der Waals surface area contributed by atoms with Gasteiger partial charge < -0.3 is 5.32 Å². The van der Waals surface area contributed by atoms with Crippen LogP contribution in [-0.4, -0.2) is 15.9 Å². The van der Waals surface area contributed by atoms with Crippen LogP contribution in [0.2, 0.25) is 0 Å². The van der Waals surface area contributed by atoms with Crippen LogP contribution in [0.3, 0.4) is 0 Å². The maximum Gasteiger partial charge on any atom is 0.312 e. The van der Waals surface area contributed by atoms with Crippen molar-refractivity contribution in [2.75, 3.05) is 5.32 Å². The zero-order valence-corrected chi connectivity index (χ0v) is 12.7. The average Bonchev–Trinajstić information content (AvgIpc) is 2.36. The van der Waals surface area contributed by atoms with E-state index >= 15 is 0 Å². The van der Waals surface area contributed by atoms with Gasteiger partial charge in [0, 0.05) is 22.8 Å². The van der Waals surface area contributed by atoms with Crippen molar-refractivity contribution < 1.29 is 4.92 Å². The van der Waals surface area contributed by atoms with Crippen LogP contribution >= 0.6 is 15.9 Å². The summed E-state index contributed by atoms with van der Waals surface area (Å²) in [7, 11) is 0. The number of nitro groups is 1. The molecule has 0 radical (unpaired) electrons. The minimum absolute atomic E-state index is 0.0276. The fourth-order valence-corrected chi connectivity index (χ4v) is 2.96. The van der Waals surface area contributed by atoms with Gasteiger partial charge in [0.25, 0.3) is 0 Å². The molecule has 1 N–H and O–H groups in total. The van der Waals surface area contributed by atoms with E-state index in [0.29, 0.717) is 22.1 Å². The van der Waals surface area contributed by atoms with Crippen molar-refractivity contribution in [3.05, 3.63) is 26.9 Å². The second kappa shape index (κ2) is 5.86. The van der Waals surface area contributed by atoms with E-state index in [4.69, 9.17) is 0 Å². The molecular weight excluding hydrogens is 310 g/mol. The first-order valence-electron chi connectivity index (χ1n) is 6.55. The highest BCUT2D eigenvalue weighted by atomic mass is 79.9. The molecule has 1 saturated carbocycles. The topological polar surface area (TPSA) is 68.1 Å². The predicted octanol–water partition coefficient (Wildman–Crippen LogP) is 3.99. The van der Waals surface area contributed by atoms with Gasteiger partial charge in [-0.15, -0.1) is 0 Å². The van der Waals surface area contributed by atoms with Gasteiger partial charge in [0.15, 0.2) is 0 Å². The molecule has 0 bridgehead atoms. The summed E-state index contributed by atoms with van der Waals surface area (Å²) in [5.74, 6) is 1.51. The highest BCUT2D eigenvalue weighted by Crippen LogP contribution is 2.33. The molecule has 19 heavy (non-hydrogen) atoms. The number of hydrogen-bond acceptors (Lipinski definition) is 4. The molecule has 1 aliphatic rings. The smallest absolute Gasteiger partial charge is 0.312 e. The second-order valence-corrected chi connectivity index (χ2v) is 6.21. The van der Waals surface area contributed by atoms with E-state index in [9.17, 15) is 10.1 Å². The molecule has 104 valence electrons. The summed E-state index contributed by atoms with van der Waals surface area (Å²) in [6.45, 7) is 4.44. The lowest BCUT2D eigenvalue weighted by molar-refractivity contribution is -0.384. The summed E-state index contributed by atoms with van der Waals surface area (Å²) in [4.78, 5) is 14.8. The summed E-state index contributed by atoms with van der Waals surface area (Å²) in [5.41, 5.74) is 0.0276. The molecule has 0 aromatic carbocycles. The molecular formula is C13H18BrN3O2. The average molecular weight is 328 g/mol. The Hall–Kier alpha value is -1.17. The molecule has 0 aliphatic heterocycles. The highest BCUT2D eigenvalue weighted by molar-refractivity contribution is 9.10. The molecule has 1 fully saturated rings. The van der Waals surface area contributed by atoms with Gasteiger partial charge in [-0.2, -0.15) is 0 Å². The maximum absolute atomic E-state index is 11.1. The number of pyridine rings is 1. The van der Waals surface area contributed by atoms with E-state index in [1.165, 1.54) is 12.5 Å². The number of halogens is 1. The Labute approximate surface area is 121 Å². The van der Waals surface area contributed by atoms with Crippen LogP contribution in [0.25, 0.3) is 0 Å². The van der Waals surface area contributed by atoms with E-state index < -0.39 is 4.92 Å². The van der Waals surface area contributed by atoms with Crippen molar-refractivity contribution >= 4 is 27.4 Å². The van der Waals surface area contributed by atoms with Gasteiger partial charge in [0.05, 0.1) is 4.92 Å². The number of hydrogen-bond donors (Lipinski definition) is 1. The molecule has 0 spiro atoms. The first-order valence-corrected chi connectivity index (χ1v) is 7.35. The monoisotopic (exact) mass is 327 g/mol. The van der Waals surface area contributed by atoms with Crippen LogP contribution in [0.1, 0.15) is 33.1 Å². The number of anilines is 1. The Balaban J connectivity index is 2.21. The Morgan fingerprint density at radius 1 is 1.47 bits per heavy atom. The lowest BCUT2D eigenvalue weighted by Crippen LogP contribution is -2.35. The molecule has 6 heteroatoms. The van der Waals surface area contributed by atoms with Crippen molar-refractivity contribution in [2.24, 2.45) is 11.8 Å². The molecule has 1 aromatic rings. The minimum atomic E-state index is -0.392. The Morgan fingerprint density at radius 3 is 2.89 bits per heavy atom. The zero-order valence-electron chi connectivity index (χ0n) is 11.1. The zero-order chi connectivity index (χ0) is 14.0. The second-order valence-electron chi connectivity index (χ2n) is 5.30. The molecule has 0 saturated heterocycles. The highest BCUT2D eigenvalue weighted by Gasteiger charge is 2.29. The standard InChI is InChI=1S/C13H18BrN3O2/c1-8-4-3-5-11(9(8)2)16-13-12(17(18)19)6-10(14)7-15-13/h6-9,11H,3-5H2,1-2H3,(H,15,16). The van der Waals surface area contributed by atoms with Crippen LogP contribution in [0, 0.1) is 22.0 Å². The number of nitrogens with one attached hydrogen (secondary N) is 1. The fraction of sp³-hybridized carbons (Fsp3) is 0.615. The van der Waals surface area contributed by atoms with Crippen molar-refractivity contribution in [1.29, 1.82) is 0 Å². The first-order chi connectivity index (χ1) is 8.99. The summed E-state index contributed by atoms with van der Waals surface area (Å²) in [6, 6.07) is 1.75. The molecule has 1 heterocycles. The molecule has 1 aromatic heterocycles. The van der Waals surface area contributed by atoms with Gasteiger partial charge in [0.1, 0.15) is 0 Å². The van der Waals surface area contributed by atoms with Crippen molar-refractivity contribution in [1.82, 2.24) is 4.98 Å². The first kappa shape index (κ1) is 14.2. The third-order valence-corrected chi connectivity index (χ3v) is 4.49. The third-order valence-electron chi connectivity index (χ3n) is 4.06. The number of rotatable bonds is 3. The van der Waals surface area contributed by atoms with Crippen LogP contribution in [-0.2, 0) is 0 Å². The number of aromatic nitrogens is 1. The molecule has 3 atom stereocenters. The Bertz CT molecular complexity index is 481. The SMILES string of the molecule is CC1CCCC(Nc2ncc(Br)cc2[N+](=O)[O-])C1C. The van der Waals surface area contributed by atoms with E-state index in [1.807, 2.05) is 0 Å². The van der Waals surface area contributed by atoms with E-state index in [0.717, 1.165) is 12.8 Å².